The Morgan fingerprint density at radius 3 is 2.90 bits per heavy atom. The smallest absolute Gasteiger partial charge is 0.191 e. The van der Waals surface area contributed by atoms with Gasteiger partial charge in [-0.3, -0.25) is 4.99 Å². The predicted molar refractivity (Wildman–Crippen MR) is 81.5 cm³/mol. The van der Waals surface area contributed by atoms with Crippen molar-refractivity contribution in [3.8, 4) is 11.5 Å². The Hall–Kier alpha value is -1.43. The third-order valence-electron chi connectivity index (χ3n) is 3.26. The van der Waals surface area contributed by atoms with E-state index in [1.54, 1.807) is 7.05 Å². The summed E-state index contributed by atoms with van der Waals surface area (Å²) in [6.45, 7) is 1.89. The van der Waals surface area contributed by atoms with Gasteiger partial charge in [-0.2, -0.15) is 0 Å². The first-order valence-electron chi connectivity index (χ1n) is 6.81. The molecule has 0 spiro atoms. The normalized spacial score (nSPS) is 17.8. The van der Waals surface area contributed by atoms with E-state index >= 15 is 0 Å². The fourth-order valence-electron chi connectivity index (χ4n) is 2.07. The van der Waals surface area contributed by atoms with Crippen LogP contribution >= 0.6 is 15.9 Å². The van der Waals surface area contributed by atoms with Crippen molar-refractivity contribution in [2.24, 2.45) is 4.99 Å². The van der Waals surface area contributed by atoms with Crippen LogP contribution < -0.4 is 20.1 Å². The van der Waals surface area contributed by atoms with E-state index in [1.165, 1.54) is 12.8 Å². The van der Waals surface area contributed by atoms with Crippen molar-refractivity contribution in [2.45, 2.75) is 25.4 Å². The lowest BCUT2D eigenvalue weighted by molar-refractivity contribution is 0.170. The van der Waals surface area contributed by atoms with Crippen LogP contribution in [0.4, 0.5) is 0 Å². The molecule has 1 fully saturated rings. The van der Waals surface area contributed by atoms with Gasteiger partial charge >= 0.3 is 0 Å². The average Bonchev–Trinajstić information content (AvgIpc) is 3.27. The number of benzene rings is 1. The van der Waals surface area contributed by atoms with Crippen LogP contribution in [0.5, 0.6) is 11.5 Å². The Balaban J connectivity index is 1.66. The van der Waals surface area contributed by atoms with Gasteiger partial charge in [0.2, 0.25) is 0 Å². The quantitative estimate of drug-likeness (QED) is 0.653. The van der Waals surface area contributed by atoms with E-state index in [1.807, 2.05) is 12.1 Å². The molecule has 1 aliphatic carbocycles. The van der Waals surface area contributed by atoms with Gasteiger partial charge < -0.3 is 20.1 Å². The van der Waals surface area contributed by atoms with Crippen molar-refractivity contribution in [1.29, 1.82) is 0 Å². The molecule has 0 amide bonds. The van der Waals surface area contributed by atoms with E-state index in [-0.39, 0.29) is 0 Å². The Bertz CT molecular complexity index is 529. The number of fused-ring (bicyclic) bond motifs is 1. The van der Waals surface area contributed by atoms with E-state index in [4.69, 9.17) is 9.47 Å². The van der Waals surface area contributed by atoms with E-state index in [2.05, 4.69) is 31.6 Å². The number of nitrogens with zero attached hydrogens (tertiary/aromatic N) is 1. The van der Waals surface area contributed by atoms with Crippen LogP contribution in [-0.4, -0.2) is 32.3 Å². The molecule has 0 saturated heterocycles. The molecule has 108 valence electrons. The fraction of sp³-hybridized carbons (Fsp3) is 0.500. The van der Waals surface area contributed by atoms with Gasteiger partial charge in [-0.25, -0.2) is 0 Å². The zero-order valence-electron chi connectivity index (χ0n) is 11.4. The molecule has 1 aromatic carbocycles. The minimum Gasteiger partial charge on any atom is -0.486 e. The lowest BCUT2D eigenvalue weighted by atomic mass is 10.2. The standard InChI is InChI=1S/C14H18BrN3O2/c1-16-14(18-10-2-3-10)17-8-9-6-11(15)13-12(7-9)19-4-5-20-13/h6-7,10H,2-5,8H2,1H3,(H2,16,17,18). The molecule has 2 N–H and O–H groups in total. The van der Waals surface area contributed by atoms with Gasteiger partial charge in [0, 0.05) is 19.6 Å². The van der Waals surface area contributed by atoms with E-state index in [9.17, 15) is 0 Å². The number of hydrogen-bond donors (Lipinski definition) is 2. The van der Waals surface area contributed by atoms with Gasteiger partial charge in [0.05, 0.1) is 4.47 Å². The maximum Gasteiger partial charge on any atom is 0.191 e. The van der Waals surface area contributed by atoms with Crippen molar-refractivity contribution in [3.63, 3.8) is 0 Å². The number of aliphatic imine (C=N–C) groups is 1. The summed E-state index contributed by atoms with van der Waals surface area (Å²) >= 11 is 3.53. The van der Waals surface area contributed by atoms with E-state index in [0.29, 0.717) is 25.8 Å². The van der Waals surface area contributed by atoms with Crippen LogP contribution in [-0.2, 0) is 6.54 Å². The van der Waals surface area contributed by atoms with Gasteiger partial charge in [-0.15, -0.1) is 0 Å². The van der Waals surface area contributed by atoms with Crippen molar-refractivity contribution < 1.29 is 9.47 Å². The second-order valence-corrected chi connectivity index (χ2v) is 5.80. The summed E-state index contributed by atoms with van der Waals surface area (Å²) in [7, 11) is 1.79. The molecule has 0 radical (unpaired) electrons. The molecule has 0 bridgehead atoms. The highest BCUT2D eigenvalue weighted by molar-refractivity contribution is 9.10. The molecular weight excluding hydrogens is 322 g/mol. The number of halogens is 1. The molecule has 5 nitrogen and oxygen atoms in total. The van der Waals surface area contributed by atoms with Gasteiger partial charge in [-0.05, 0) is 46.5 Å². The maximum absolute atomic E-state index is 5.62. The first kappa shape index (κ1) is 13.5. The second kappa shape index (κ2) is 5.91. The van der Waals surface area contributed by atoms with Crippen molar-refractivity contribution in [3.05, 3.63) is 22.2 Å². The lowest BCUT2D eigenvalue weighted by Crippen LogP contribution is -2.38. The van der Waals surface area contributed by atoms with E-state index < -0.39 is 0 Å². The fourth-order valence-corrected chi connectivity index (χ4v) is 2.67. The summed E-state index contributed by atoms with van der Waals surface area (Å²) in [6, 6.07) is 4.65. The van der Waals surface area contributed by atoms with E-state index in [0.717, 1.165) is 27.5 Å². The third-order valence-corrected chi connectivity index (χ3v) is 3.85. The number of rotatable bonds is 3. The number of nitrogens with one attached hydrogen (secondary N) is 2. The van der Waals surface area contributed by atoms with Crippen molar-refractivity contribution in [2.75, 3.05) is 20.3 Å². The first-order chi connectivity index (χ1) is 9.76. The van der Waals surface area contributed by atoms with Crippen LogP contribution in [0.3, 0.4) is 0 Å². The van der Waals surface area contributed by atoms with Crippen LogP contribution in [0.2, 0.25) is 0 Å². The van der Waals surface area contributed by atoms with Crippen molar-refractivity contribution in [1.82, 2.24) is 10.6 Å². The molecule has 0 unspecified atom stereocenters. The highest BCUT2D eigenvalue weighted by Gasteiger charge is 2.22. The highest BCUT2D eigenvalue weighted by Crippen LogP contribution is 2.38. The SMILES string of the molecule is CN=C(NCc1cc(Br)c2c(c1)OCCO2)NC1CC1. The summed E-state index contributed by atoms with van der Waals surface area (Å²) in [6.07, 6.45) is 2.46. The minimum absolute atomic E-state index is 0.591. The summed E-state index contributed by atoms with van der Waals surface area (Å²) in [5.41, 5.74) is 1.12. The molecule has 20 heavy (non-hydrogen) atoms. The lowest BCUT2D eigenvalue weighted by Gasteiger charge is -2.20. The molecule has 1 aromatic rings. The van der Waals surface area contributed by atoms with Gasteiger partial charge in [0.15, 0.2) is 17.5 Å². The second-order valence-electron chi connectivity index (χ2n) is 4.95. The van der Waals surface area contributed by atoms with Crippen LogP contribution in [0, 0.1) is 0 Å². The number of ether oxygens (including phenoxy) is 2. The minimum atomic E-state index is 0.591. The topological polar surface area (TPSA) is 54.9 Å². The summed E-state index contributed by atoms with van der Waals surface area (Å²) in [4.78, 5) is 4.22. The van der Waals surface area contributed by atoms with Crippen LogP contribution in [0.15, 0.2) is 21.6 Å². The Labute approximate surface area is 126 Å². The summed E-state index contributed by atoms with van der Waals surface area (Å²) < 4.78 is 12.1. The zero-order valence-corrected chi connectivity index (χ0v) is 13.0. The van der Waals surface area contributed by atoms with Gasteiger partial charge in [-0.1, -0.05) is 0 Å². The molecule has 0 aromatic heterocycles. The molecular formula is C14H18BrN3O2. The molecule has 0 atom stereocenters. The third kappa shape index (κ3) is 3.17. The van der Waals surface area contributed by atoms with Crippen molar-refractivity contribution >= 4 is 21.9 Å². The Kier molecular flexibility index (Phi) is 4.00. The Morgan fingerprint density at radius 2 is 2.15 bits per heavy atom. The van der Waals surface area contributed by atoms with Crippen LogP contribution in [0.1, 0.15) is 18.4 Å². The monoisotopic (exact) mass is 339 g/mol. The molecule has 6 heteroatoms. The largest absolute Gasteiger partial charge is 0.486 e. The maximum atomic E-state index is 5.62. The Morgan fingerprint density at radius 1 is 1.35 bits per heavy atom. The zero-order chi connectivity index (χ0) is 13.9. The predicted octanol–water partition coefficient (Wildman–Crippen LogP) is 2.05. The van der Waals surface area contributed by atoms with Crippen LogP contribution in [0.25, 0.3) is 0 Å². The first-order valence-corrected chi connectivity index (χ1v) is 7.61. The molecule has 3 rings (SSSR count). The average molecular weight is 340 g/mol. The molecule has 2 aliphatic rings. The van der Waals surface area contributed by atoms with Gasteiger partial charge in [0.1, 0.15) is 13.2 Å². The molecule has 1 heterocycles. The molecule has 1 aliphatic heterocycles. The summed E-state index contributed by atoms with van der Waals surface area (Å²) in [5.74, 6) is 2.44. The molecule has 1 saturated carbocycles. The summed E-state index contributed by atoms with van der Waals surface area (Å²) in [5, 5.41) is 6.67. The number of hydrogen-bond acceptors (Lipinski definition) is 3. The van der Waals surface area contributed by atoms with Gasteiger partial charge in [0.25, 0.3) is 0 Å². The highest BCUT2D eigenvalue weighted by atomic mass is 79.9. The number of guanidine groups is 1.